The van der Waals surface area contributed by atoms with E-state index in [0.29, 0.717) is 17.2 Å². The van der Waals surface area contributed by atoms with Gasteiger partial charge in [0.15, 0.2) is 0 Å². The molecule has 3 aromatic rings. The molecule has 0 aliphatic rings. The van der Waals surface area contributed by atoms with Gasteiger partial charge in [0, 0.05) is 23.1 Å². The van der Waals surface area contributed by atoms with Gasteiger partial charge >= 0.3 is 6.01 Å². The highest BCUT2D eigenvalue weighted by Gasteiger charge is 2.09. The van der Waals surface area contributed by atoms with Crippen molar-refractivity contribution in [1.29, 1.82) is 0 Å². The molecule has 1 heterocycles. The van der Waals surface area contributed by atoms with Gasteiger partial charge in [-0.05, 0) is 23.8 Å². The van der Waals surface area contributed by atoms with Gasteiger partial charge in [-0.15, -0.1) is 16.9 Å². The molecule has 0 saturated heterocycles. The zero-order chi connectivity index (χ0) is 19.1. The van der Waals surface area contributed by atoms with E-state index in [1.165, 1.54) is 36.0 Å². The Balaban J connectivity index is 1.54. The van der Waals surface area contributed by atoms with Crippen LogP contribution in [0.4, 0.5) is 11.7 Å². The number of non-ortho nitro benzene ring substituents is 1. The number of anilines is 1. The van der Waals surface area contributed by atoms with E-state index in [0.717, 1.165) is 4.90 Å². The predicted octanol–water partition coefficient (Wildman–Crippen LogP) is 3.92. The van der Waals surface area contributed by atoms with Gasteiger partial charge < -0.3 is 4.42 Å². The zero-order valence-corrected chi connectivity index (χ0v) is 14.8. The van der Waals surface area contributed by atoms with Gasteiger partial charge in [-0.1, -0.05) is 35.4 Å². The summed E-state index contributed by atoms with van der Waals surface area (Å²) in [6, 6.07) is 15.7. The van der Waals surface area contributed by atoms with Gasteiger partial charge in [-0.25, -0.2) is 0 Å². The smallest absolute Gasteiger partial charge is 0.322 e. The third kappa shape index (κ3) is 5.51. The van der Waals surface area contributed by atoms with Crippen molar-refractivity contribution >= 4 is 35.4 Å². The van der Waals surface area contributed by atoms with Gasteiger partial charge in [-0.2, -0.15) is 0 Å². The molecule has 8 nitrogen and oxygen atoms in total. The highest BCUT2D eigenvalue weighted by Crippen LogP contribution is 2.22. The van der Waals surface area contributed by atoms with E-state index in [1.54, 1.807) is 12.1 Å². The fourth-order valence-electron chi connectivity index (χ4n) is 2.09. The summed E-state index contributed by atoms with van der Waals surface area (Å²) < 4.78 is 5.38. The topological polar surface area (TPSA) is 111 Å². The molecule has 0 radical (unpaired) electrons. The number of aromatic nitrogens is 2. The quantitative estimate of drug-likeness (QED) is 0.285. The molecular weight excluding hydrogens is 368 g/mol. The van der Waals surface area contributed by atoms with Crippen molar-refractivity contribution in [1.82, 2.24) is 10.2 Å². The van der Waals surface area contributed by atoms with Gasteiger partial charge in [0.25, 0.3) is 11.6 Å². The minimum absolute atomic E-state index is 0.00708. The molecule has 1 N–H and O–H groups in total. The van der Waals surface area contributed by atoms with Crippen molar-refractivity contribution in [3.05, 3.63) is 82.2 Å². The summed E-state index contributed by atoms with van der Waals surface area (Å²) in [7, 11) is 0. The molecule has 1 aromatic heterocycles. The van der Waals surface area contributed by atoms with Crippen molar-refractivity contribution in [3.8, 4) is 0 Å². The number of rotatable bonds is 7. The number of hydrogen-bond acceptors (Lipinski definition) is 7. The van der Waals surface area contributed by atoms with Crippen molar-refractivity contribution in [2.75, 3.05) is 5.32 Å². The molecular formula is C18H14N4O4S. The van der Waals surface area contributed by atoms with Crippen molar-refractivity contribution in [2.24, 2.45) is 0 Å². The molecule has 0 bridgehead atoms. The van der Waals surface area contributed by atoms with Crippen LogP contribution in [-0.4, -0.2) is 21.0 Å². The lowest BCUT2D eigenvalue weighted by Gasteiger charge is -1.97. The first-order chi connectivity index (χ1) is 13.1. The van der Waals surface area contributed by atoms with Gasteiger partial charge in [0.2, 0.25) is 5.89 Å². The maximum atomic E-state index is 11.9. The summed E-state index contributed by atoms with van der Waals surface area (Å²) in [5, 5.41) is 20.9. The van der Waals surface area contributed by atoms with Gasteiger partial charge in [-0.3, -0.25) is 20.2 Å². The molecule has 2 aromatic carbocycles. The normalized spacial score (nSPS) is 10.8. The Morgan fingerprint density at radius 1 is 1.19 bits per heavy atom. The van der Waals surface area contributed by atoms with Crippen molar-refractivity contribution in [3.63, 3.8) is 0 Å². The molecule has 0 fully saturated rings. The average molecular weight is 382 g/mol. The highest BCUT2D eigenvalue weighted by molar-refractivity contribution is 7.98. The number of amides is 1. The SMILES string of the molecule is O=C(/C=C/c1cccc([N+](=O)[O-])c1)Nc1nnc(CSc2ccccc2)o1. The minimum Gasteiger partial charge on any atom is -0.407 e. The van der Waals surface area contributed by atoms with E-state index in [9.17, 15) is 14.9 Å². The number of nitro benzene ring substituents is 1. The Hall–Kier alpha value is -3.46. The third-order valence-electron chi connectivity index (χ3n) is 3.31. The molecule has 0 saturated carbocycles. The van der Waals surface area contributed by atoms with Gasteiger partial charge in [0.05, 0.1) is 10.7 Å². The zero-order valence-electron chi connectivity index (χ0n) is 13.9. The Morgan fingerprint density at radius 3 is 2.78 bits per heavy atom. The van der Waals surface area contributed by atoms with E-state index < -0.39 is 10.8 Å². The van der Waals surface area contributed by atoms with Crippen LogP contribution in [0.15, 0.2) is 70.0 Å². The molecule has 0 unspecified atom stereocenters. The Morgan fingerprint density at radius 2 is 2.00 bits per heavy atom. The second kappa shape index (κ2) is 8.77. The van der Waals surface area contributed by atoms with Gasteiger partial charge in [0.1, 0.15) is 0 Å². The molecule has 27 heavy (non-hydrogen) atoms. The Labute approximate surface area is 158 Å². The first kappa shape index (κ1) is 18.3. The number of nitrogens with one attached hydrogen (secondary N) is 1. The van der Waals surface area contributed by atoms with Crippen LogP contribution in [0.1, 0.15) is 11.5 Å². The second-order valence-electron chi connectivity index (χ2n) is 5.28. The van der Waals surface area contributed by atoms with Crippen molar-refractivity contribution in [2.45, 2.75) is 10.6 Å². The van der Waals surface area contributed by atoms with E-state index in [4.69, 9.17) is 4.42 Å². The number of nitrogens with zero attached hydrogens (tertiary/aromatic N) is 3. The lowest BCUT2D eigenvalue weighted by atomic mass is 10.2. The minimum atomic E-state index is -0.495. The molecule has 0 aliphatic carbocycles. The number of benzene rings is 2. The summed E-state index contributed by atoms with van der Waals surface area (Å²) in [5.74, 6) is 0.394. The lowest BCUT2D eigenvalue weighted by Crippen LogP contribution is -2.07. The summed E-state index contributed by atoms with van der Waals surface area (Å²) in [6.07, 6.45) is 2.70. The number of hydrogen-bond donors (Lipinski definition) is 1. The second-order valence-corrected chi connectivity index (χ2v) is 6.33. The summed E-state index contributed by atoms with van der Waals surface area (Å²) >= 11 is 1.54. The van der Waals surface area contributed by atoms with Crippen LogP contribution < -0.4 is 5.32 Å². The monoisotopic (exact) mass is 382 g/mol. The molecule has 0 spiro atoms. The van der Waals surface area contributed by atoms with Crippen LogP contribution in [0.5, 0.6) is 0 Å². The molecule has 9 heteroatoms. The highest BCUT2D eigenvalue weighted by atomic mass is 32.2. The maximum Gasteiger partial charge on any atom is 0.322 e. The molecule has 0 atom stereocenters. The predicted molar refractivity (Wildman–Crippen MR) is 101 cm³/mol. The average Bonchev–Trinajstić information content (AvgIpc) is 3.13. The standard InChI is InChI=1S/C18H14N4O4S/c23-16(10-9-13-5-4-6-14(11-13)22(24)25)19-18-21-20-17(26-18)12-27-15-7-2-1-3-8-15/h1-11H,12H2,(H,19,21,23)/b10-9+. The fraction of sp³-hybridized carbons (Fsp3) is 0.0556. The lowest BCUT2D eigenvalue weighted by molar-refractivity contribution is -0.384. The van der Waals surface area contributed by atoms with Crippen LogP contribution in [0, 0.1) is 10.1 Å². The third-order valence-corrected chi connectivity index (χ3v) is 4.31. The Bertz CT molecular complexity index is 972. The van der Waals surface area contributed by atoms with E-state index >= 15 is 0 Å². The number of thioether (sulfide) groups is 1. The molecule has 3 rings (SSSR count). The molecule has 136 valence electrons. The first-order valence-electron chi connectivity index (χ1n) is 7.84. The number of nitro groups is 1. The fourth-order valence-corrected chi connectivity index (χ4v) is 2.84. The van der Waals surface area contributed by atoms with Crippen LogP contribution in [0.3, 0.4) is 0 Å². The van der Waals surface area contributed by atoms with E-state index in [2.05, 4.69) is 15.5 Å². The van der Waals surface area contributed by atoms with E-state index in [-0.39, 0.29) is 11.7 Å². The summed E-state index contributed by atoms with van der Waals surface area (Å²) in [4.78, 5) is 23.3. The molecule has 0 aliphatic heterocycles. The Kier molecular flexibility index (Phi) is 5.95. The van der Waals surface area contributed by atoms with Crippen molar-refractivity contribution < 1.29 is 14.1 Å². The van der Waals surface area contributed by atoms with E-state index in [1.807, 2.05) is 30.3 Å². The first-order valence-corrected chi connectivity index (χ1v) is 8.82. The van der Waals surface area contributed by atoms with Crippen LogP contribution in [0.25, 0.3) is 6.08 Å². The largest absolute Gasteiger partial charge is 0.407 e. The summed E-state index contributed by atoms with van der Waals surface area (Å²) in [5.41, 5.74) is 0.486. The number of carbonyl (C=O) groups is 1. The number of carbonyl (C=O) groups excluding carboxylic acids is 1. The van der Waals surface area contributed by atoms with Crippen LogP contribution >= 0.6 is 11.8 Å². The molecule has 1 amide bonds. The summed E-state index contributed by atoms with van der Waals surface area (Å²) in [6.45, 7) is 0. The maximum absolute atomic E-state index is 11.9. The van der Waals surface area contributed by atoms with Crippen LogP contribution in [-0.2, 0) is 10.5 Å². The van der Waals surface area contributed by atoms with Crippen LogP contribution in [0.2, 0.25) is 0 Å².